The van der Waals surface area contributed by atoms with Crippen LogP contribution in [0.15, 0.2) is 24.3 Å². The molecule has 24 heavy (non-hydrogen) atoms. The highest BCUT2D eigenvalue weighted by atomic mass is 35.5. The molecule has 1 aliphatic carbocycles. The van der Waals surface area contributed by atoms with E-state index in [1.165, 1.54) is 0 Å². The van der Waals surface area contributed by atoms with Crippen LogP contribution in [-0.2, 0) is 9.59 Å². The van der Waals surface area contributed by atoms with Crippen molar-refractivity contribution in [3.8, 4) is 5.75 Å². The third-order valence-electron chi connectivity index (χ3n) is 5.36. The molecule has 1 aromatic carbocycles. The zero-order chi connectivity index (χ0) is 17.2. The third kappa shape index (κ3) is 3.51. The molecule has 0 bridgehead atoms. The smallest absolute Gasteiger partial charge is 0.257 e. The molecular formula is C18H23ClN2O3. The Bertz CT molecular complexity index is 636. The Morgan fingerprint density at radius 3 is 3.08 bits per heavy atom. The van der Waals surface area contributed by atoms with E-state index in [0.29, 0.717) is 23.7 Å². The van der Waals surface area contributed by atoms with E-state index < -0.39 is 0 Å². The first kappa shape index (κ1) is 17.1. The van der Waals surface area contributed by atoms with Crippen LogP contribution in [0.3, 0.4) is 0 Å². The summed E-state index contributed by atoms with van der Waals surface area (Å²) >= 11 is 5.90. The first-order valence-corrected chi connectivity index (χ1v) is 8.79. The van der Waals surface area contributed by atoms with Gasteiger partial charge in [0.05, 0.1) is 0 Å². The van der Waals surface area contributed by atoms with Gasteiger partial charge in [-0.1, -0.05) is 24.1 Å². The summed E-state index contributed by atoms with van der Waals surface area (Å²) < 4.78 is 5.47. The standard InChI is InChI=1S/C18H23ClN2O3/c1-21-15-6-3-8-18(15,9-7-17(21)23)12-20-16(22)11-24-14-5-2-4-13(19)10-14/h2,4-5,10,15H,3,6-9,11-12H2,1H3,(H,20,22). The van der Waals surface area contributed by atoms with Gasteiger partial charge in [-0.15, -0.1) is 0 Å². The van der Waals surface area contributed by atoms with Gasteiger partial charge in [-0.25, -0.2) is 0 Å². The second-order valence-electron chi connectivity index (χ2n) is 6.80. The lowest BCUT2D eigenvalue weighted by Gasteiger charge is -2.44. The van der Waals surface area contributed by atoms with Gasteiger partial charge in [0.15, 0.2) is 6.61 Å². The monoisotopic (exact) mass is 350 g/mol. The highest BCUT2D eigenvalue weighted by Crippen LogP contribution is 2.47. The summed E-state index contributed by atoms with van der Waals surface area (Å²) in [6.07, 6.45) is 4.62. The summed E-state index contributed by atoms with van der Waals surface area (Å²) in [5.41, 5.74) is 0.0222. The van der Waals surface area contributed by atoms with Crippen LogP contribution in [0.5, 0.6) is 5.75 Å². The van der Waals surface area contributed by atoms with Crippen molar-refractivity contribution >= 4 is 23.4 Å². The van der Waals surface area contributed by atoms with Gasteiger partial charge in [0.1, 0.15) is 5.75 Å². The molecule has 2 aliphatic rings. The van der Waals surface area contributed by atoms with Gasteiger partial charge in [-0.05, 0) is 37.5 Å². The zero-order valence-corrected chi connectivity index (χ0v) is 14.6. The first-order valence-electron chi connectivity index (χ1n) is 8.41. The van der Waals surface area contributed by atoms with E-state index in [0.717, 1.165) is 25.7 Å². The molecular weight excluding hydrogens is 328 g/mol. The Morgan fingerprint density at radius 2 is 2.29 bits per heavy atom. The van der Waals surface area contributed by atoms with E-state index in [4.69, 9.17) is 16.3 Å². The van der Waals surface area contributed by atoms with Gasteiger partial charge in [-0.3, -0.25) is 9.59 Å². The number of hydrogen-bond donors (Lipinski definition) is 1. The maximum Gasteiger partial charge on any atom is 0.257 e. The number of likely N-dealkylation sites (tertiary alicyclic amines) is 1. The minimum atomic E-state index is -0.144. The lowest BCUT2D eigenvalue weighted by Crippen LogP contribution is -2.54. The first-order chi connectivity index (χ1) is 11.5. The Balaban J connectivity index is 1.53. The van der Waals surface area contributed by atoms with E-state index in [1.807, 2.05) is 11.9 Å². The van der Waals surface area contributed by atoms with Gasteiger partial charge in [0, 0.05) is 36.5 Å². The third-order valence-corrected chi connectivity index (χ3v) is 5.60. The van der Waals surface area contributed by atoms with Crippen LogP contribution in [0.4, 0.5) is 0 Å². The average Bonchev–Trinajstić information content (AvgIpc) is 3.00. The topological polar surface area (TPSA) is 58.6 Å². The van der Waals surface area contributed by atoms with Crippen LogP contribution in [0.25, 0.3) is 0 Å². The van der Waals surface area contributed by atoms with Crippen LogP contribution >= 0.6 is 11.6 Å². The lowest BCUT2D eigenvalue weighted by molar-refractivity contribution is -0.139. The molecule has 2 fully saturated rings. The number of rotatable bonds is 5. The Labute approximate surface area is 147 Å². The maximum absolute atomic E-state index is 12.1. The molecule has 2 atom stereocenters. The van der Waals surface area contributed by atoms with Crippen LogP contribution < -0.4 is 10.1 Å². The molecule has 0 radical (unpaired) electrons. The summed E-state index contributed by atoms with van der Waals surface area (Å²) in [5.74, 6) is 0.653. The highest BCUT2D eigenvalue weighted by Gasteiger charge is 2.49. The van der Waals surface area contributed by atoms with Crippen LogP contribution in [0.2, 0.25) is 5.02 Å². The van der Waals surface area contributed by atoms with Crippen LogP contribution in [0.1, 0.15) is 32.1 Å². The number of carbonyl (C=O) groups excluding carboxylic acids is 2. The number of amides is 2. The van der Waals surface area contributed by atoms with Crippen LogP contribution in [-0.4, -0.2) is 43.0 Å². The molecule has 1 aliphatic heterocycles. The quantitative estimate of drug-likeness (QED) is 0.888. The van der Waals surface area contributed by atoms with Gasteiger partial charge >= 0.3 is 0 Å². The van der Waals surface area contributed by atoms with Crippen molar-refractivity contribution in [2.45, 2.75) is 38.1 Å². The van der Waals surface area contributed by atoms with Crippen molar-refractivity contribution in [3.05, 3.63) is 29.3 Å². The molecule has 0 spiro atoms. The van der Waals surface area contributed by atoms with Gasteiger partial charge < -0.3 is 15.0 Å². The highest BCUT2D eigenvalue weighted by molar-refractivity contribution is 6.30. The number of carbonyl (C=O) groups is 2. The normalized spacial score (nSPS) is 26.2. The summed E-state index contributed by atoms with van der Waals surface area (Å²) in [4.78, 5) is 25.9. The minimum Gasteiger partial charge on any atom is -0.484 e. The molecule has 1 heterocycles. The van der Waals surface area contributed by atoms with Crippen molar-refractivity contribution in [1.29, 1.82) is 0 Å². The molecule has 5 nitrogen and oxygen atoms in total. The summed E-state index contributed by atoms with van der Waals surface area (Å²) in [6, 6.07) is 7.24. The maximum atomic E-state index is 12.1. The molecule has 3 rings (SSSR count). The van der Waals surface area contributed by atoms with Crippen molar-refractivity contribution in [2.75, 3.05) is 20.2 Å². The summed E-state index contributed by atoms with van der Waals surface area (Å²) in [7, 11) is 1.89. The Hall–Kier alpha value is -1.75. The van der Waals surface area contributed by atoms with Crippen molar-refractivity contribution in [2.24, 2.45) is 5.41 Å². The molecule has 1 saturated carbocycles. The molecule has 6 heteroatoms. The number of fused-ring (bicyclic) bond motifs is 1. The molecule has 1 N–H and O–H groups in total. The number of nitrogens with one attached hydrogen (secondary N) is 1. The number of nitrogens with zero attached hydrogens (tertiary/aromatic N) is 1. The molecule has 1 aromatic rings. The fourth-order valence-electron chi connectivity index (χ4n) is 4.05. The van der Waals surface area contributed by atoms with E-state index in [2.05, 4.69) is 5.32 Å². The second-order valence-corrected chi connectivity index (χ2v) is 7.23. The molecule has 2 unspecified atom stereocenters. The number of benzene rings is 1. The Kier molecular flexibility index (Phi) is 4.99. The fraction of sp³-hybridized carbons (Fsp3) is 0.556. The van der Waals surface area contributed by atoms with Gasteiger partial charge in [0.25, 0.3) is 5.91 Å². The van der Waals surface area contributed by atoms with Gasteiger partial charge in [0.2, 0.25) is 5.91 Å². The molecule has 1 saturated heterocycles. The van der Waals surface area contributed by atoms with E-state index >= 15 is 0 Å². The minimum absolute atomic E-state index is 0.0222. The lowest BCUT2D eigenvalue weighted by atomic mass is 9.74. The van der Waals surface area contributed by atoms with Crippen molar-refractivity contribution < 1.29 is 14.3 Å². The van der Waals surface area contributed by atoms with E-state index in [1.54, 1.807) is 24.3 Å². The molecule has 130 valence electrons. The van der Waals surface area contributed by atoms with Gasteiger partial charge in [-0.2, -0.15) is 0 Å². The fourth-order valence-corrected chi connectivity index (χ4v) is 4.23. The second kappa shape index (κ2) is 7.01. The average molecular weight is 351 g/mol. The summed E-state index contributed by atoms with van der Waals surface area (Å²) in [6.45, 7) is 0.572. The molecule has 0 aromatic heterocycles. The molecule has 2 amide bonds. The SMILES string of the molecule is CN1C(=O)CCC2(CNC(=O)COc3cccc(Cl)c3)CCCC12. The van der Waals surface area contributed by atoms with E-state index in [-0.39, 0.29) is 29.9 Å². The van der Waals surface area contributed by atoms with Crippen LogP contribution in [0, 0.1) is 5.41 Å². The zero-order valence-electron chi connectivity index (χ0n) is 13.9. The number of hydrogen-bond acceptors (Lipinski definition) is 3. The van der Waals surface area contributed by atoms with E-state index in [9.17, 15) is 9.59 Å². The predicted octanol–water partition coefficient (Wildman–Crippen LogP) is 2.63. The largest absolute Gasteiger partial charge is 0.484 e. The summed E-state index contributed by atoms with van der Waals surface area (Å²) in [5, 5.41) is 3.58. The number of halogens is 1. The van der Waals surface area contributed by atoms with Crippen molar-refractivity contribution in [3.63, 3.8) is 0 Å². The Morgan fingerprint density at radius 1 is 1.46 bits per heavy atom. The van der Waals surface area contributed by atoms with Crippen molar-refractivity contribution in [1.82, 2.24) is 10.2 Å². The predicted molar refractivity (Wildman–Crippen MR) is 92.0 cm³/mol. The number of piperidine rings is 1. The number of ether oxygens (including phenoxy) is 1.